The summed E-state index contributed by atoms with van der Waals surface area (Å²) in [4.78, 5) is 25.5. The highest BCUT2D eigenvalue weighted by Crippen LogP contribution is 2.25. The van der Waals surface area contributed by atoms with Gasteiger partial charge in [0.25, 0.3) is 5.91 Å². The van der Waals surface area contributed by atoms with Gasteiger partial charge in [0, 0.05) is 11.6 Å². The first-order valence-corrected chi connectivity index (χ1v) is 9.85. The normalized spacial score (nSPS) is 10.8. The molecule has 0 aliphatic rings. The minimum atomic E-state index is -0.355. The third kappa shape index (κ3) is 4.41. The van der Waals surface area contributed by atoms with Gasteiger partial charge in [0.15, 0.2) is 10.3 Å². The number of benzene rings is 1. The fourth-order valence-corrected chi connectivity index (χ4v) is 3.67. The van der Waals surface area contributed by atoms with Gasteiger partial charge in [-0.05, 0) is 47.5 Å². The Kier molecular flexibility index (Phi) is 5.40. The van der Waals surface area contributed by atoms with Gasteiger partial charge in [-0.15, -0.1) is 11.3 Å². The van der Waals surface area contributed by atoms with Crippen molar-refractivity contribution in [1.29, 1.82) is 0 Å². The van der Waals surface area contributed by atoms with Gasteiger partial charge < -0.3 is 0 Å². The van der Waals surface area contributed by atoms with Crippen molar-refractivity contribution < 1.29 is 9.18 Å². The van der Waals surface area contributed by atoms with Crippen molar-refractivity contribution in [1.82, 2.24) is 25.1 Å². The van der Waals surface area contributed by atoms with E-state index < -0.39 is 0 Å². The van der Waals surface area contributed by atoms with E-state index in [1.807, 2.05) is 12.1 Å². The van der Waals surface area contributed by atoms with E-state index in [0.717, 1.165) is 11.1 Å². The summed E-state index contributed by atoms with van der Waals surface area (Å²) in [5.41, 5.74) is 1.88. The Balaban J connectivity index is 1.64. The average molecular weight is 412 g/mol. The highest BCUT2D eigenvalue weighted by molar-refractivity contribution is 7.99. The van der Waals surface area contributed by atoms with Crippen molar-refractivity contribution in [2.45, 2.75) is 16.6 Å². The molecule has 0 saturated heterocycles. The van der Waals surface area contributed by atoms with E-state index in [9.17, 15) is 9.18 Å². The molecule has 0 atom stereocenters. The summed E-state index contributed by atoms with van der Waals surface area (Å²) in [6.07, 6.45) is 3.46. The molecule has 1 amide bonds. The summed E-state index contributed by atoms with van der Waals surface area (Å²) in [5, 5.41) is 12.8. The second kappa shape index (κ2) is 8.28. The Hall–Kier alpha value is -3.11. The van der Waals surface area contributed by atoms with Crippen molar-refractivity contribution >= 4 is 34.1 Å². The van der Waals surface area contributed by atoms with Crippen LogP contribution < -0.4 is 5.32 Å². The molecule has 10 heteroatoms. The summed E-state index contributed by atoms with van der Waals surface area (Å²) in [5.74, 6) is -0.658. The van der Waals surface area contributed by atoms with Gasteiger partial charge in [0.1, 0.15) is 22.9 Å². The molecule has 4 aromatic rings. The van der Waals surface area contributed by atoms with Gasteiger partial charge in [0.05, 0.1) is 0 Å². The number of aromatic nitrogens is 5. The van der Waals surface area contributed by atoms with Gasteiger partial charge in [-0.2, -0.15) is 5.10 Å². The van der Waals surface area contributed by atoms with Crippen molar-refractivity contribution in [3.63, 3.8) is 0 Å². The van der Waals surface area contributed by atoms with Crippen LogP contribution in [-0.2, 0) is 6.42 Å². The first-order valence-electron chi connectivity index (χ1n) is 8.16. The molecular weight excluding hydrogens is 399 g/mol. The Morgan fingerprint density at radius 2 is 2.04 bits per heavy atom. The zero-order valence-electron chi connectivity index (χ0n) is 14.3. The topological polar surface area (TPSA) is 96.5 Å². The van der Waals surface area contributed by atoms with Crippen LogP contribution in [0.1, 0.15) is 21.6 Å². The lowest BCUT2D eigenvalue weighted by Crippen LogP contribution is -2.16. The number of pyridine rings is 1. The Labute approximate surface area is 167 Å². The predicted molar refractivity (Wildman–Crippen MR) is 104 cm³/mol. The highest BCUT2D eigenvalue weighted by atomic mass is 32.2. The molecule has 1 aromatic carbocycles. The quantitative estimate of drug-likeness (QED) is 0.500. The first-order chi connectivity index (χ1) is 13.7. The summed E-state index contributed by atoms with van der Waals surface area (Å²) in [7, 11) is 0. The van der Waals surface area contributed by atoms with Crippen molar-refractivity contribution in [3.8, 4) is 0 Å². The van der Waals surface area contributed by atoms with Gasteiger partial charge in [-0.25, -0.2) is 19.3 Å². The van der Waals surface area contributed by atoms with E-state index in [1.165, 1.54) is 41.6 Å². The Morgan fingerprint density at radius 1 is 1.18 bits per heavy atom. The van der Waals surface area contributed by atoms with E-state index in [0.29, 0.717) is 21.7 Å². The number of hydrogen-bond donors (Lipinski definition) is 2. The molecule has 0 aliphatic heterocycles. The van der Waals surface area contributed by atoms with Crippen LogP contribution in [0.2, 0.25) is 0 Å². The second-order valence-electron chi connectivity index (χ2n) is 5.64. The molecule has 2 N–H and O–H groups in total. The maximum atomic E-state index is 13.2. The number of nitrogens with zero attached hydrogens (tertiary/aromatic N) is 4. The number of nitrogens with one attached hydrogen (secondary N) is 2. The molecule has 140 valence electrons. The van der Waals surface area contributed by atoms with Crippen molar-refractivity contribution in [3.05, 3.63) is 76.9 Å². The number of thiazole rings is 1. The lowest BCUT2D eigenvalue weighted by atomic mass is 10.0. The fraction of sp³-hybridized carbons (Fsp3) is 0.0556. The maximum absolute atomic E-state index is 13.2. The number of amides is 1. The Bertz CT molecular complexity index is 1070. The van der Waals surface area contributed by atoms with Gasteiger partial charge in [-0.1, -0.05) is 18.2 Å². The molecule has 0 fully saturated rings. The van der Waals surface area contributed by atoms with Gasteiger partial charge in [-0.3, -0.25) is 15.2 Å². The number of halogens is 1. The van der Waals surface area contributed by atoms with Crippen LogP contribution in [0.3, 0.4) is 0 Å². The average Bonchev–Trinajstić information content (AvgIpc) is 3.39. The molecule has 0 radical (unpaired) electrons. The zero-order valence-corrected chi connectivity index (χ0v) is 15.9. The van der Waals surface area contributed by atoms with Gasteiger partial charge in [0.2, 0.25) is 0 Å². The smallest absolute Gasteiger partial charge is 0.276 e. The van der Waals surface area contributed by atoms with Crippen LogP contribution in [0.5, 0.6) is 0 Å². The number of aromatic amines is 1. The molecule has 3 aromatic heterocycles. The summed E-state index contributed by atoms with van der Waals surface area (Å²) >= 11 is 2.59. The lowest BCUT2D eigenvalue weighted by Gasteiger charge is -2.10. The molecule has 0 saturated carbocycles. The number of anilines is 1. The van der Waals surface area contributed by atoms with E-state index in [-0.39, 0.29) is 17.4 Å². The summed E-state index contributed by atoms with van der Waals surface area (Å²) < 4.78 is 13.2. The molecule has 0 aliphatic carbocycles. The van der Waals surface area contributed by atoms with Crippen LogP contribution >= 0.6 is 23.1 Å². The minimum Gasteiger partial charge on any atom is -0.296 e. The van der Waals surface area contributed by atoms with Crippen LogP contribution in [0.4, 0.5) is 9.52 Å². The number of carbonyl (C=O) groups excluding carboxylic acids is 1. The first kappa shape index (κ1) is 18.3. The predicted octanol–water partition coefficient (Wildman–Crippen LogP) is 3.79. The molecule has 0 bridgehead atoms. The third-order valence-electron chi connectivity index (χ3n) is 3.72. The number of rotatable bonds is 6. The minimum absolute atomic E-state index is 0.282. The lowest BCUT2D eigenvalue weighted by molar-refractivity contribution is 0.102. The monoisotopic (exact) mass is 412 g/mol. The van der Waals surface area contributed by atoms with Crippen LogP contribution in [-0.4, -0.2) is 31.1 Å². The maximum Gasteiger partial charge on any atom is 0.276 e. The molecule has 7 nitrogen and oxygen atoms in total. The number of H-pyrrole nitrogens is 1. The summed E-state index contributed by atoms with van der Waals surface area (Å²) in [6.45, 7) is 0. The molecule has 0 unspecified atom stereocenters. The number of hydrogen-bond acceptors (Lipinski definition) is 7. The van der Waals surface area contributed by atoms with E-state index in [2.05, 4.69) is 30.5 Å². The molecule has 28 heavy (non-hydrogen) atoms. The largest absolute Gasteiger partial charge is 0.296 e. The van der Waals surface area contributed by atoms with E-state index in [4.69, 9.17) is 0 Å². The fourth-order valence-electron chi connectivity index (χ4n) is 2.47. The number of carbonyl (C=O) groups is 1. The van der Waals surface area contributed by atoms with Crippen LogP contribution in [0.15, 0.2) is 64.5 Å². The highest BCUT2D eigenvalue weighted by Gasteiger charge is 2.17. The molecule has 3 heterocycles. The molecule has 4 rings (SSSR count). The van der Waals surface area contributed by atoms with Crippen molar-refractivity contribution in [2.75, 3.05) is 5.32 Å². The van der Waals surface area contributed by atoms with E-state index >= 15 is 0 Å². The molecule has 0 spiro atoms. The van der Waals surface area contributed by atoms with Crippen LogP contribution in [0, 0.1) is 5.82 Å². The SMILES string of the molecule is O=C(Nc1nccs1)c1nc(Sc2ncn[nH]2)ccc1Cc1ccc(F)cc1. The van der Waals surface area contributed by atoms with Crippen LogP contribution in [0.25, 0.3) is 0 Å². The molecular formula is C18H13FN6OS2. The third-order valence-corrected chi connectivity index (χ3v) is 5.24. The summed E-state index contributed by atoms with van der Waals surface area (Å²) in [6, 6.07) is 9.82. The van der Waals surface area contributed by atoms with Gasteiger partial charge >= 0.3 is 0 Å². The standard InChI is InChI=1S/C18H13FN6OS2/c19-13-4-1-11(2-5-13)9-12-3-6-14(28-18-21-10-22-25-18)23-15(12)16(26)24-17-20-7-8-27-17/h1-8,10H,9H2,(H,20,24,26)(H,21,22,25). The Morgan fingerprint density at radius 3 is 2.75 bits per heavy atom. The van der Waals surface area contributed by atoms with E-state index in [1.54, 1.807) is 23.7 Å². The second-order valence-corrected chi connectivity index (χ2v) is 7.55. The van der Waals surface area contributed by atoms with Crippen molar-refractivity contribution in [2.24, 2.45) is 0 Å². The zero-order chi connectivity index (χ0) is 19.3.